The number of rotatable bonds is 6. The summed E-state index contributed by atoms with van der Waals surface area (Å²) in [5.41, 5.74) is -1.02. The molecule has 1 atom stereocenters. The highest BCUT2D eigenvalue weighted by Crippen LogP contribution is 2.24. The summed E-state index contributed by atoms with van der Waals surface area (Å²) in [6, 6.07) is 2.09. The first-order valence-corrected chi connectivity index (χ1v) is 7.21. The molecule has 120 valence electrons. The van der Waals surface area contributed by atoms with Crippen LogP contribution < -0.4 is 0 Å². The third kappa shape index (κ3) is 4.73. The summed E-state index contributed by atoms with van der Waals surface area (Å²) in [5, 5.41) is 19.0. The maximum absolute atomic E-state index is 13.9. The molecule has 5 nitrogen and oxygen atoms in total. The van der Waals surface area contributed by atoms with Gasteiger partial charge in [-0.05, 0) is 41.6 Å². The number of aliphatic hydroxyl groups is 2. The van der Waals surface area contributed by atoms with Crippen LogP contribution in [-0.4, -0.2) is 42.1 Å². The first-order chi connectivity index (χ1) is 10.8. The molecular formula is C14H14F2INO4. The molecule has 0 spiro atoms. The number of hydrogen-bond acceptors (Lipinski definition) is 5. The van der Waals surface area contributed by atoms with Crippen LogP contribution in [0.1, 0.15) is 13.9 Å². The normalized spacial score (nSPS) is 14.5. The highest BCUT2D eigenvalue weighted by molar-refractivity contribution is 14.1. The number of halogens is 3. The molecule has 1 aromatic carbocycles. The Morgan fingerprint density at radius 1 is 1.55 bits per heavy atom. The molecule has 0 aliphatic carbocycles. The number of ether oxygens (including phenoxy) is 1. The molecule has 1 aromatic rings. The van der Waals surface area contributed by atoms with Crippen LogP contribution in [0.5, 0.6) is 0 Å². The average molecular weight is 427 g/mol. The Bertz CT molecular complexity index is 650. The van der Waals surface area contributed by atoms with E-state index in [1.165, 1.54) is 6.92 Å². The van der Waals surface area contributed by atoms with Gasteiger partial charge in [0.25, 0.3) is 0 Å². The van der Waals surface area contributed by atoms with Crippen LogP contribution in [0, 0.1) is 15.2 Å². The molecule has 0 aliphatic rings. The van der Waals surface area contributed by atoms with Gasteiger partial charge in [-0.1, -0.05) is 0 Å². The first kappa shape index (κ1) is 16.8. The fraction of sp³-hybridized carbons (Fsp3) is 0.286. The molecule has 0 saturated carbocycles. The SMILES string of the molecule is [3H]C(O)CN=C/C(C(=O)OCC)=C(/O)c1cc(I)cc(F)c1F. The molecular weight excluding hydrogens is 411 g/mol. The van der Waals surface area contributed by atoms with Gasteiger partial charge in [0, 0.05) is 9.78 Å². The van der Waals surface area contributed by atoms with Crippen LogP contribution >= 0.6 is 22.6 Å². The zero-order chi connectivity index (χ0) is 17.6. The van der Waals surface area contributed by atoms with Crippen LogP contribution in [0.2, 0.25) is 0 Å². The fourth-order valence-electron chi connectivity index (χ4n) is 1.48. The molecule has 0 heterocycles. The lowest BCUT2D eigenvalue weighted by molar-refractivity contribution is -0.137. The summed E-state index contributed by atoms with van der Waals surface area (Å²) in [6.07, 6.45) is 0.850. The monoisotopic (exact) mass is 427 g/mol. The lowest BCUT2D eigenvalue weighted by Crippen LogP contribution is -2.12. The Kier molecular flexibility index (Phi) is 6.72. The summed E-state index contributed by atoms with van der Waals surface area (Å²) < 4.78 is 39.3. The van der Waals surface area contributed by atoms with E-state index in [9.17, 15) is 18.7 Å². The summed E-state index contributed by atoms with van der Waals surface area (Å²) in [7, 11) is 0. The van der Waals surface area contributed by atoms with Crippen molar-refractivity contribution < 1.29 is 29.9 Å². The van der Waals surface area contributed by atoms with Crippen LogP contribution in [-0.2, 0) is 9.53 Å². The quantitative estimate of drug-likeness (QED) is 0.183. The predicted molar refractivity (Wildman–Crippen MR) is 85.7 cm³/mol. The number of esters is 1. The van der Waals surface area contributed by atoms with Gasteiger partial charge >= 0.3 is 5.97 Å². The van der Waals surface area contributed by atoms with E-state index >= 15 is 0 Å². The number of aliphatic imine (C=N–C) groups is 1. The largest absolute Gasteiger partial charge is 0.506 e. The van der Waals surface area contributed by atoms with E-state index in [1.54, 1.807) is 22.6 Å². The molecule has 8 heteroatoms. The summed E-state index contributed by atoms with van der Waals surface area (Å²) in [6.45, 7) is -0.348. The van der Waals surface area contributed by atoms with Crippen molar-refractivity contribution >= 4 is 40.5 Å². The minimum atomic E-state index is -1.51. The van der Waals surface area contributed by atoms with Gasteiger partial charge in [-0.15, -0.1) is 0 Å². The number of benzene rings is 1. The summed E-state index contributed by atoms with van der Waals surface area (Å²) in [4.78, 5) is 15.5. The van der Waals surface area contributed by atoms with E-state index in [1.807, 2.05) is 0 Å². The Hall–Kier alpha value is -1.55. The Labute approximate surface area is 140 Å². The van der Waals surface area contributed by atoms with Gasteiger partial charge in [0.2, 0.25) is 0 Å². The Morgan fingerprint density at radius 2 is 2.23 bits per heavy atom. The van der Waals surface area contributed by atoms with E-state index in [0.29, 0.717) is 3.57 Å². The Balaban J connectivity index is 3.39. The molecule has 1 rings (SSSR count). The topological polar surface area (TPSA) is 79.1 Å². The number of carbonyl (C=O) groups excluding carboxylic acids is 1. The fourth-order valence-corrected chi connectivity index (χ4v) is 2.07. The van der Waals surface area contributed by atoms with Gasteiger partial charge in [-0.2, -0.15) is 0 Å². The standard InChI is InChI=1S/C14H14F2INO4/c1-2-22-14(21)10(7-18-3-4-19)13(20)9-5-8(17)6-11(15)12(9)16/h5-7,19-20H,2-4H2,1H3/b13-10-,18-7?/i4T. The highest BCUT2D eigenvalue weighted by atomic mass is 127. The van der Waals surface area contributed by atoms with Gasteiger partial charge < -0.3 is 14.9 Å². The molecule has 0 amide bonds. The van der Waals surface area contributed by atoms with E-state index < -0.39 is 41.1 Å². The predicted octanol–water partition coefficient (Wildman–Crippen LogP) is 2.46. The zero-order valence-electron chi connectivity index (χ0n) is 12.5. The third-order valence-corrected chi connectivity index (χ3v) is 3.03. The van der Waals surface area contributed by atoms with Crippen molar-refractivity contribution in [3.63, 3.8) is 0 Å². The molecule has 0 radical (unpaired) electrons. The molecule has 22 heavy (non-hydrogen) atoms. The van der Waals surface area contributed by atoms with Gasteiger partial charge in [0.05, 0.1) is 26.7 Å². The lowest BCUT2D eigenvalue weighted by atomic mass is 10.1. The van der Waals surface area contributed by atoms with Crippen molar-refractivity contribution in [3.05, 3.63) is 38.5 Å². The van der Waals surface area contributed by atoms with Crippen molar-refractivity contribution in [1.82, 2.24) is 0 Å². The van der Waals surface area contributed by atoms with Crippen LogP contribution in [0.3, 0.4) is 0 Å². The first-order valence-electron chi connectivity index (χ1n) is 6.71. The van der Waals surface area contributed by atoms with Crippen LogP contribution in [0.15, 0.2) is 22.7 Å². The van der Waals surface area contributed by atoms with Gasteiger partial charge in [-0.25, -0.2) is 13.6 Å². The summed E-state index contributed by atoms with van der Waals surface area (Å²) in [5.74, 6) is -4.34. The van der Waals surface area contributed by atoms with Gasteiger partial charge in [0.15, 0.2) is 11.6 Å². The molecule has 0 aliphatic heterocycles. The number of aliphatic hydroxyl groups excluding tert-OH is 2. The second kappa shape index (κ2) is 8.79. The van der Waals surface area contributed by atoms with E-state index in [0.717, 1.165) is 18.3 Å². The maximum atomic E-state index is 13.9. The lowest BCUT2D eigenvalue weighted by Gasteiger charge is -2.09. The van der Waals surface area contributed by atoms with Crippen LogP contribution in [0.4, 0.5) is 8.78 Å². The van der Waals surface area contributed by atoms with Gasteiger partial charge in [0.1, 0.15) is 11.3 Å². The second-order valence-electron chi connectivity index (χ2n) is 3.91. The molecule has 2 N–H and O–H groups in total. The van der Waals surface area contributed by atoms with Crippen molar-refractivity contribution in [2.24, 2.45) is 4.99 Å². The van der Waals surface area contributed by atoms with Crippen molar-refractivity contribution in [2.45, 2.75) is 6.92 Å². The zero-order valence-corrected chi connectivity index (χ0v) is 13.7. The van der Waals surface area contributed by atoms with Crippen molar-refractivity contribution in [1.29, 1.82) is 0 Å². The minimum Gasteiger partial charge on any atom is -0.506 e. The molecule has 0 fully saturated rings. The smallest absolute Gasteiger partial charge is 0.343 e. The van der Waals surface area contributed by atoms with E-state index in [2.05, 4.69) is 4.99 Å². The van der Waals surface area contributed by atoms with E-state index in [4.69, 9.17) is 11.2 Å². The average Bonchev–Trinajstić information content (AvgIpc) is 2.46. The molecule has 1 unspecified atom stereocenters. The third-order valence-electron chi connectivity index (χ3n) is 2.41. The van der Waals surface area contributed by atoms with Crippen LogP contribution in [0.25, 0.3) is 5.76 Å². The Morgan fingerprint density at radius 3 is 2.82 bits per heavy atom. The second-order valence-corrected chi connectivity index (χ2v) is 5.15. The van der Waals surface area contributed by atoms with Crippen molar-refractivity contribution in [3.8, 4) is 0 Å². The number of nitrogens with zero attached hydrogens (tertiary/aromatic N) is 1. The number of hydrogen-bond donors (Lipinski definition) is 2. The number of carbonyl (C=O) groups is 1. The molecule has 0 bridgehead atoms. The highest BCUT2D eigenvalue weighted by Gasteiger charge is 2.21. The summed E-state index contributed by atoms with van der Waals surface area (Å²) >= 11 is 1.73. The van der Waals surface area contributed by atoms with Gasteiger partial charge in [-0.3, -0.25) is 4.99 Å². The maximum Gasteiger partial charge on any atom is 0.343 e. The molecule has 0 saturated heterocycles. The minimum absolute atomic E-state index is 0.00626. The van der Waals surface area contributed by atoms with Crippen molar-refractivity contribution in [2.75, 3.05) is 19.7 Å². The molecule has 0 aromatic heterocycles. The van der Waals surface area contributed by atoms with E-state index in [-0.39, 0.29) is 13.2 Å².